The van der Waals surface area contributed by atoms with Crippen molar-refractivity contribution >= 4 is 5.97 Å². The van der Waals surface area contributed by atoms with Gasteiger partial charge in [0.1, 0.15) is 6.61 Å². The molecule has 18 heavy (non-hydrogen) atoms. The molecule has 0 saturated carbocycles. The molecule has 0 aromatic heterocycles. The number of carbonyl (C=O) groups excluding carboxylic acids is 1. The fourth-order valence-corrected chi connectivity index (χ4v) is 1.45. The zero-order valence-electron chi connectivity index (χ0n) is 11.0. The quantitative estimate of drug-likeness (QED) is 0.563. The fourth-order valence-electron chi connectivity index (χ4n) is 1.45. The number of ether oxygens (including phenoxy) is 2. The highest BCUT2D eigenvalue weighted by atomic mass is 16.5. The van der Waals surface area contributed by atoms with Crippen LogP contribution in [0.1, 0.15) is 12.5 Å². The summed E-state index contributed by atoms with van der Waals surface area (Å²) in [7, 11) is 1.65. The van der Waals surface area contributed by atoms with E-state index in [4.69, 9.17) is 9.47 Å². The molecule has 4 heteroatoms. The van der Waals surface area contributed by atoms with E-state index in [0.717, 1.165) is 12.1 Å². The Bertz CT molecular complexity index is 340. The number of esters is 1. The van der Waals surface area contributed by atoms with Crippen molar-refractivity contribution in [2.75, 3.05) is 26.8 Å². The van der Waals surface area contributed by atoms with Crippen molar-refractivity contribution in [1.29, 1.82) is 0 Å². The third-order valence-corrected chi connectivity index (χ3v) is 2.56. The summed E-state index contributed by atoms with van der Waals surface area (Å²) < 4.78 is 10.1. The van der Waals surface area contributed by atoms with Crippen LogP contribution in [-0.2, 0) is 20.9 Å². The molecule has 0 aliphatic heterocycles. The number of hydrogen-bond acceptors (Lipinski definition) is 4. The molecule has 1 aromatic rings. The first-order valence-corrected chi connectivity index (χ1v) is 6.14. The predicted molar refractivity (Wildman–Crippen MR) is 70.1 cm³/mol. The summed E-state index contributed by atoms with van der Waals surface area (Å²) >= 11 is 0. The van der Waals surface area contributed by atoms with Gasteiger partial charge in [-0.2, -0.15) is 0 Å². The smallest absolute Gasteiger partial charge is 0.310 e. The molecular formula is C14H21NO3. The number of methoxy groups -OCH3 is 1. The molecule has 100 valence electrons. The van der Waals surface area contributed by atoms with Gasteiger partial charge >= 0.3 is 5.97 Å². The monoisotopic (exact) mass is 251 g/mol. The molecule has 1 atom stereocenters. The number of rotatable bonds is 8. The molecule has 1 aromatic carbocycles. The van der Waals surface area contributed by atoms with Crippen molar-refractivity contribution in [3.05, 3.63) is 35.9 Å². The van der Waals surface area contributed by atoms with Gasteiger partial charge in [-0.25, -0.2) is 0 Å². The van der Waals surface area contributed by atoms with Crippen LogP contribution in [0.25, 0.3) is 0 Å². The van der Waals surface area contributed by atoms with Crippen LogP contribution in [0.5, 0.6) is 0 Å². The summed E-state index contributed by atoms with van der Waals surface area (Å²) in [5, 5.41) is 3.14. The van der Waals surface area contributed by atoms with Gasteiger partial charge in [0.25, 0.3) is 0 Å². The maximum absolute atomic E-state index is 11.7. The van der Waals surface area contributed by atoms with E-state index in [2.05, 4.69) is 5.32 Å². The Morgan fingerprint density at radius 3 is 2.72 bits per heavy atom. The molecule has 0 heterocycles. The molecule has 1 rings (SSSR count). The normalized spacial score (nSPS) is 12.1. The van der Waals surface area contributed by atoms with Gasteiger partial charge in [-0.05, 0) is 5.56 Å². The number of carbonyl (C=O) groups is 1. The molecule has 0 amide bonds. The van der Waals surface area contributed by atoms with Gasteiger partial charge < -0.3 is 14.8 Å². The summed E-state index contributed by atoms with van der Waals surface area (Å²) in [6, 6.07) is 9.68. The minimum absolute atomic E-state index is 0.148. The third-order valence-electron chi connectivity index (χ3n) is 2.56. The van der Waals surface area contributed by atoms with Gasteiger partial charge in [0.05, 0.1) is 12.5 Å². The Morgan fingerprint density at radius 2 is 2.06 bits per heavy atom. The topological polar surface area (TPSA) is 47.6 Å². The Labute approximate surface area is 108 Å². The van der Waals surface area contributed by atoms with Crippen LogP contribution in [0.2, 0.25) is 0 Å². The first kappa shape index (κ1) is 14.7. The van der Waals surface area contributed by atoms with Crippen LogP contribution in [-0.4, -0.2) is 32.8 Å². The second-order valence-electron chi connectivity index (χ2n) is 4.19. The lowest BCUT2D eigenvalue weighted by molar-refractivity contribution is -0.149. The largest absolute Gasteiger partial charge is 0.461 e. The zero-order valence-corrected chi connectivity index (χ0v) is 11.0. The second kappa shape index (κ2) is 8.66. The summed E-state index contributed by atoms with van der Waals surface area (Å²) in [5.41, 5.74) is 1.00. The molecule has 0 aliphatic rings. The molecule has 0 radical (unpaired) electrons. The van der Waals surface area contributed by atoms with Gasteiger partial charge in [0.15, 0.2) is 0 Å². The van der Waals surface area contributed by atoms with Crippen molar-refractivity contribution in [2.45, 2.75) is 13.5 Å². The van der Waals surface area contributed by atoms with Gasteiger partial charge in [-0.3, -0.25) is 4.79 Å². The van der Waals surface area contributed by atoms with Gasteiger partial charge in [0.2, 0.25) is 0 Å². The van der Waals surface area contributed by atoms with Crippen molar-refractivity contribution in [2.24, 2.45) is 5.92 Å². The highest BCUT2D eigenvalue weighted by Gasteiger charge is 2.13. The highest BCUT2D eigenvalue weighted by Crippen LogP contribution is 2.04. The average Bonchev–Trinajstić information content (AvgIpc) is 2.42. The van der Waals surface area contributed by atoms with Gasteiger partial charge in [-0.15, -0.1) is 0 Å². The van der Waals surface area contributed by atoms with E-state index in [1.165, 1.54) is 0 Å². The minimum Gasteiger partial charge on any atom is -0.461 e. The van der Waals surface area contributed by atoms with E-state index in [-0.39, 0.29) is 11.9 Å². The maximum atomic E-state index is 11.7. The summed E-state index contributed by atoms with van der Waals surface area (Å²) in [6.07, 6.45) is 0. The van der Waals surface area contributed by atoms with Gasteiger partial charge in [0, 0.05) is 20.2 Å². The third kappa shape index (κ3) is 5.80. The zero-order chi connectivity index (χ0) is 13.2. The van der Waals surface area contributed by atoms with E-state index in [1.807, 2.05) is 37.3 Å². The van der Waals surface area contributed by atoms with Crippen molar-refractivity contribution < 1.29 is 14.3 Å². The lowest BCUT2D eigenvalue weighted by atomic mass is 10.2. The van der Waals surface area contributed by atoms with Gasteiger partial charge in [-0.1, -0.05) is 37.3 Å². The summed E-state index contributed by atoms with van der Waals surface area (Å²) in [5.74, 6) is -0.325. The molecule has 1 unspecified atom stereocenters. The van der Waals surface area contributed by atoms with Crippen molar-refractivity contribution in [3.8, 4) is 0 Å². The van der Waals surface area contributed by atoms with Crippen LogP contribution < -0.4 is 5.32 Å². The highest BCUT2D eigenvalue weighted by molar-refractivity contribution is 5.72. The van der Waals surface area contributed by atoms with E-state index >= 15 is 0 Å². The Kier molecular flexibility index (Phi) is 7.06. The van der Waals surface area contributed by atoms with Crippen LogP contribution in [0.3, 0.4) is 0 Å². The molecule has 0 bridgehead atoms. The summed E-state index contributed by atoms with van der Waals surface area (Å²) in [6.45, 7) is 4.19. The van der Waals surface area contributed by atoms with Crippen LogP contribution >= 0.6 is 0 Å². The summed E-state index contributed by atoms with van der Waals surface area (Å²) in [4.78, 5) is 11.7. The predicted octanol–water partition coefficient (Wildman–Crippen LogP) is 1.60. The first-order valence-electron chi connectivity index (χ1n) is 6.14. The molecular weight excluding hydrogens is 230 g/mol. The molecule has 1 N–H and O–H groups in total. The lowest BCUT2D eigenvalue weighted by Gasteiger charge is -2.12. The Morgan fingerprint density at radius 1 is 1.33 bits per heavy atom. The number of benzene rings is 1. The van der Waals surface area contributed by atoms with E-state index in [1.54, 1.807) is 7.11 Å². The van der Waals surface area contributed by atoms with E-state index in [9.17, 15) is 4.79 Å². The second-order valence-corrected chi connectivity index (χ2v) is 4.19. The number of nitrogens with one attached hydrogen (secondary N) is 1. The van der Waals surface area contributed by atoms with Crippen LogP contribution in [0.4, 0.5) is 0 Å². The van der Waals surface area contributed by atoms with Crippen LogP contribution in [0, 0.1) is 5.92 Å². The molecule has 0 spiro atoms. The molecule has 0 aliphatic carbocycles. The average molecular weight is 251 g/mol. The molecule has 0 fully saturated rings. The van der Waals surface area contributed by atoms with Crippen molar-refractivity contribution in [3.63, 3.8) is 0 Å². The SMILES string of the molecule is COCCNCC(C)C(=O)OCc1ccccc1. The van der Waals surface area contributed by atoms with Crippen LogP contribution in [0.15, 0.2) is 30.3 Å². The van der Waals surface area contributed by atoms with Crippen molar-refractivity contribution in [1.82, 2.24) is 5.32 Å². The minimum atomic E-state index is -0.177. The molecule has 4 nitrogen and oxygen atoms in total. The maximum Gasteiger partial charge on any atom is 0.310 e. The van der Waals surface area contributed by atoms with E-state index < -0.39 is 0 Å². The molecule has 0 saturated heterocycles. The lowest BCUT2D eigenvalue weighted by Crippen LogP contribution is -2.29. The number of hydrogen-bond donors (Lipinski definition) is 1. The first-order chi connectivity index (χ1) is 8.74. The fraction of sp³-hybridized carbons (Fsp3) is 0.500. The Hall–Kier alpha value is -1.39. The Balaban J connectivity index is 2.19. The van der Waals surface area contributed by atoms with E-state index in [0.29, 0.717) is 19.8 Å². The standard InChI is InChI=1S/C14H21NO3/c1-12(10-15-8-9-17-2)14(16)18-11-13-6-4-3-5-7-13/h3-7,12,15H,8-11H2,1-2H3.